The van der Waals surface area contributed by atoms with Crippen LogP contribution < -0.4 is 5.32 Å². The molecule has 1 amide bonds. The van der Waals surface area contributed by atoms with Crippen molar-refractivity contribution in [3.8, 4) is 0 Å². The number of aliphatic hydroxyl groups excluding tert-OH is 8. The molecule has 0 aromatic rings. The summed E-state index contributed by atoms with van der Waals surface area (Å²) >= 11 is 0. The second kappa shape index (κ2) is 35.0. The van der Waals surface area contributed by atoms with Crippen LogP contribution in [0.15, 0.2) is 12.2 Å². The third-order valence-electron chi connectivity index (χ3n) is 12.2. The van der Waals surface area contributed by atoms with Gasteiger partial charge in [-0.05, 0) is 19.3 Å². The maximum Gasteiger partial charge on any atom is 0.220 e. The van der Waals surface area contributed by atoms with Crippen molar-refractivity contribution in [2.45, 2.75) is 261 Å². The largest absolute Gasteiger partial charge is 0.394 e. The molecule has 2 fully saturated rings. The van der Waals surface area contributed by atoms with E-state index in [0.29, 0.717) is 6.42 Å². The van der Waals surface area contributed by atoms with E-state index in [4.69, 9.17) is 18.9 Å². The van der Waals surface area contributed by atoms with Gasteiger partial charge in [0.2, 0.25) is 5.91 Å². The summed E-state index contributed by atoms with van der Waals surface area (Å²) in [6, 6.07) is -0.906. The first-order chi connectivity index (χ1) is 29.6. The molecule has 0 bridgehead atoms. The molecule has 2 heterocycles. The summed E-state index contributed by atoms with van der Waals surface area (Å²) in [5.74, 6) is -0.239. The molecule has 0 aromatic carbocycles. The smallest absolute Gasteiger partial charge is 0.220 e. The SMILES string of the molecule is CCCCCCCCCCCCC/C=C/[C@@H](O)[C@H](CO[C@@H]1OC(CO)[C@@H](O[C@@H]2OC(CO)[C@H](O)C(O)[C@@H]2O)[C@H](O)C1O)NC(=O)CCCCCCCCCCCCCCCC. The lowest BCUT2D eigenvalue weighted by Gasteiger charge is -2.46. The highest BCUT2D eigenvalue weighted by atomic mass is 16.7. The Balaban J connectivity index is 1.88. The average molecular weight is 876 g/mol. The Labute approximate surface area is 367 Å². The minimum absolute atomic E-state index is 0.239. The molecule has 14 nitrogen and oxygen atoms in total. The van der Waals surface area contributed by atoms with Crippen LogP contribution in [0.3, 0.4) is 0 Å². The summed E-state index contributed by atoms with van der Waals surface area (Å²) in [6.07, 6.45) is 18.2. The Bertz CT molecular complexity index is 1080. The molecule has 4 unspecified atom stereocenters. The highest BCUT2D eigenvalue weighted by Crippen LogP contribution is 2.30. The molecule has 360 valence electrons. The van der Waals surface area contributed by atoms with Crippen LogP contribution in [-0.2, 0) is 23.7 Å². The lowest BCUT2D eigenvalue weighted by molar-refractivity contribution is -0.359. The Kier molecular flexibility index (Phi) is 32.1. The van der Waals surface area contributed by atoms with E-state index < -0.39 is 86.8 Å². The van der Waals surface area contributed by atoms with Crippen LogP contribution in [0.25, 0.3) is 0 Å². The van der Waals surface area contributed by atoms with Gasteiger partial charge in [0.05, 0.1) is 32.0 Å². The van der Waals surface area contributed by atoms with Crippen LogP contribution in [0.2, 0.25) is 0 Å². The highest BCUT2D eigenvalue weighted by molar-refractivity contribution is 5.76. The Morgan fingerprint density at radius 2 is 1.02 bits per heavy atom. The van der Waals surface area contributed by atoms with E-state index in [1.165, 1.54) is 122 Å². The van der Waals surface area contributed by atoms with Crippen molar-refractivity contribution in [1.82, 2.24) is 5.32 Å². The first-order valence-corrected chi connectivity index (χ1v) is 24.4. The molecule has 12 atom stereocenters. The molecule has 2 rings (SSSR count). The normalized spacial score (nSPS) is 28.0. The van der Waals surface area contributed by atoms with Gasteiger partial charge in [-0.15, -0.1) is 0 Å². The number of carbonyl (C=O) groups is 1. The van der Waals surface area contributed by atoms with Crippen LogP contribution >= 0.6 is 0 Å². The van der Waals surface area contributed by atoms with Crippen molar-refractivity contribution >= 4 is 5.91 Å². The fourth-order valence-electron chi connectivity index (χ4n) is 8.17. The van der Waals surface area contributed by atoms with Crippen molar-refractivity contribution in [3.05, 3.63) is 12.2 Å². The fraction of sp³-hybridized carbons (Fsp3) is 0.936. The number of unbranched alkanes of at least 4 members (excludes halogenated alkanes) is 24. The first-order valence-electron chi connectivity index (χ1n) is 24.4. The standard InChI is InChI=1S/C47H89NO13/c1-3-5-7-9-11-13-15-17-19-21-23-25-27-29-31-39(52)48-35(36(51)30-28-26-24-22-20-18-16-14-12-10-8-6-4-2)34-58-46-44(57)42(55)45(38(33-50)60-46)61-47-43(56)41(54)40(53)37(32-49)59-47/h28,30,35-38,40-47,49-51,53-57H,3-27,29,31-34H2,1-2H3,(H,48,52)/b30-28+/t35-,36+,37?,38?,40-,41?,42+,43-,44?,45+,46+,47-/m0/s1. The van der Waals surface area contributed by atoms with Crippen LogP contribution in [-0.4, -0.2) is 140 Å². The number of amides is 1. The maximum absolute atomic E-state index is 13.1. The molecule has 14 heteroatoms. The van der Waals surface area contributed by atoms with E-state index in [1.54, 1.807) is 6.08 Å². The van der Waals surface area contributed by atoms with Crippen LogP contribution in [0, 0.1) is 0 Å². The molecular weight excluding hydrogens is 787 g/mol. The molecule has 0 saturated carbocycles. The molecule has 9 N–H and O–H groups in total. The van der Waals surface area contributed by atoms with Gasteiger partial charge >= 0.3 is 0 Å². The van der Waals surface area contributed by atoms with E-state index in [-0.39, 0.29) is 18.9 Å². The number of hydrogen-bond acceptors (Lipinski definition) is 13. The quantitative estimate of drug-likeness (QED) is 0.0274. The molecular formula is C47H89NO13. The van der Waals surface area contributed by atoms with E-state index >= 15 is 0 Å². The van der Waals surface area contributed by atoms with Gasteiger partial charge in [-0.25, -0.2) is 0 Å². The molecule has 0 radical (unpaired) electrons. The van der Waals surface area contributed by atoms with Crippen LogP contribution in [0.1, 0.15) is 187 Å². The fourth-order valence-corrected chi connectivity index (χ4v) is 8.17. The second-order valence-electron chi connectivity index (χ2n) is 17.6. The van der Waals surface area contributed by atoms with Gasteiger partial charge < -0.3 is 65.1 Å². The van der Waals surface area contributed by atoms with E-state index in [1.807, 2.05) is 6.08 Å². The third-order valence-corrected chi connectivity index (χ3v) is 12.2. The van der Waals surface area contributed by atoms with Gasteiger partial charge in [0.15, 0.2) is 12.6 Å². The number of hydrogen-bond donors (Lipinski definition) is 9. The summed E-state index contributed by atoms with van der Waals surface area (Å²) in [5, 5.41) is 86.6. The number of ether oxygens (including phenoxy) is 4. The molecule has 2 saturated heterocycles. The molecule has 2 aliphatic heterocycles. The average Bonchev–Trinajstić information content (AvgIpc) is 3.26. The summed E-state index contributed by atoms with van der Waals surface area (Å²) in [7, 11) is 0. The number of rotatable bonds is 37. The van der Waals surface area contributed by atoms with Crippen molar-refractivity contribution in [2.75, 3.05) is 19.8 Å². The minimum Gasteiger partial charge on any atom is -0.394 e. The predicted molar refractivity (Wildman–Crippen MR) is 235 cm³/mol. The van der Waals surface area contributed by atoms with Gasteiger partial charge in [-0.2, -0.15) is 0 Å². The lowest BCUT2D eigenvalue weighted by Crippen LogP contribution is -2.65. The number of carbonyl (C=O) groups excluding carboxylic acids is 1. The highest BCUT2D eigenvalue weighted by Gasteiger charge is 2.51. The van der Waals surface area contributed by atoms with Crippen LogP contribution in [0.5, 0.6) is 0 Å². The van der Waals surface area contributed by atoms with Gasteiger partial charge in [0.25, 0.3) is 0 Å². The second-order valence-corrected chi connectivity index (χ2v) is 17.6. The zero-order valence-corrected chi connectivity index (χ0v) is 37.9. The maximum atomic E-state index is 13.1. The van der Waals surface area contributed by atoms with Gasteiger partial charge in [0, 0.05) is 6.42 Å². The molecule has 0 spiro atoms. The topological polar surface area (TPSA) is 228 Å². The first kappa shape index (κ1) is 55.9. The van der Waals surface area contributed by atoms with Gasteiger partial charge in [0.1, 0.15) is 48.8 Å². The minimum atomic E-state index is -1.78. The van der Waals surface area contributed by atoms with E-state index in [9.17, 15) is 45.6 Å². The number of aliphatic hydroxyl groups is 8. The summed E-state index contributed by atoms with van der Waals surface area (Å²) < 4.78 is 22.7. The third kappa shape index (κ3) is 23.0. The molecule has 2 aliphatic rings. The van der Waals surface area contributed by atoms with Crippen molar-refractivity contribution in [1.29, 1.82) is 0 Å². The molecule has 61 heavy (non-hydrogen) atoms. The van der Waals surface area contributed by atoms with Crippen molar-refractivity contribution < 1.29 is 64.6 Å². The number of allylic oxidation sites excluding steroid dienone is 1. The van der Waals surface area contributed by atoms with E-state index in [0.717, 1.165) is 38.5 Å². The Hall–Kier alpha value is -1.27. The number of nitrogens with one attached hydrogen (secondary N) is 1. The van der Waals surface area contributed by atoms with Gasteiger partial charge in [-0.3, -0.25) is 4.79 Å². The Morgan fingerprint density at radius 1 is 0.574 bits per heavy atom. The Morgan fingerprint density at radius 3 is 1.51 bits per heavy atom. The predicted octanol–water partition coefficient (Wildman–Crippen LogP) is 5.60. The summed E-state index contributed by atoms with van der Waals surface area (Å²) in [6.45, 7) is 2.77. The lowest BCUT2D eigenvalue weighted by atomic mass is 9.97. The van der Waals surface area contributed by atoms with Gasteiger partial charge in [-0.1, -0.05) is 174 Å². The summed E-state index contributed by atoms with van der Waals surface area (Å²) in [5.41, 5.74) is 0. The van der Waals surface area contributed by atoms with Crippen LogP contribution in [0.4, 0.5) is 0 Å². The zero-order valence-electron chi connectivity index (χ0n) is 37.9. The zero-order chi connectivity index (χ0) is 44.7. The van der Waals surface area contributed by atoms with E-state index in [2.05, 4.69) is 19.2 Å². The molecule has 0 aromatic heterocycles. The molecule has 0 aliphatic carbocycles. The van der Waals surface area contributed by atoms with Crippen molar-refractivity contribution in [2.24, 2.45) is 0 Å². The summed E-state index contributed by atoms with van der Waals surface area (Å²) in [4.78, 5) is 13.1. The monoisotopic (exact) mass is 876 g/mol. The van der Waals surface area contributed by atoms with Crippen molar-refractivity contribution in [3.63, 3.8) is 0 Å².